The zero-order valence-electron chi connectivity index (χ0n) is 10.9. The Morgan fingerprint density at radius 3 is 2.67 bits per heavy atom. The van der Waals surface area contributed by atoms with E-state index in [1.54, 1.807) is 0 Å². The molecule has 0 unspecified atom stereocenters. The Hall–Kier alpha value is -1.79. The minimum absolute atomic E-state index is 0.628. The maximum Gasteiger partial charge on any atom is 0.128 e. The predicted octanol–water partition coefficient (Wildman–Crippen LogP) is 4.05. The Labute approximate surface area is 112 Å². The Bertz CT molecular complexity index is 633. The molecule has 0 atom stereocenters. The second kappa shape index (κ2) is 4.83. The maximum absolute atomic E-state index is 9.10. The minimum atomic E-state index is 0.628. The van der Waals surface area contributed by atoms with Crippen molar-refractivity contribution in [3.63, 3.8) is 0 Å². The standard InChI is InChI=1S/C15H16N2S/c1-4-11-14(17)13(8-16)18-15(11)12-7-5-6-9(2)10(12)3/h5-7H,4,17H2,1-3H3. The fraction of sp³-hybridized carbons (Fsp3) is 0.267. The summed E-state index contributed by atoms with van der Waals surface area (Å²) in [4.78, 5) is 1.77. The molecule has 0 bridgehead atoms. The van der Waals surface area contributed by atoms with Gasteiger partial charge < -0.3 is 5.73 Å². The summed E-state index contributed by atoms with van der Waals surface area (Å²) in [5, 5.41) is 9.10. The van der Waals surface area contributed by atoms with Crippen molar-refractivity contribution >= 4 is 17.0 Å². The van der Waals surface area contributed by atoms with Crippen LogP contribution in [0.25, 0.3) is 10.4 Å². The summed E-state index contributed by atoms with van der Waals surface area (Å²) in [6.45, 7) is 6.30. The van der Waals surface area contributed by atoms with Crippen LogP contribution in [0.15, 0.2) is 18.2 Å². The lowest BCUT2D eigenvalue weighted by Crippen LogP contribution is -1.93. The molecule has 0 saturated carbocycles. The van der Waals surface area contributed by atoms with E-state index in [2.05, 4.69) is 45.0 Å². The highest BCUT2D eigenvalue weighted by Gasteiger charge is 2.17. The lowest BCUT2D eigenvalue weighted by molar-refractivity contribution is 1.16. The molecule has 1 aromatic carbocycles. The number of hydrogen-bond acceptors (Lipinski definition) is 3. The fourth-order valence-corrected chi connectivity index (χ4v) is 3.32. The topological polar surface area (TPSA) is 49.8 Å². The van der Waals surface area contributed by atoms with Gasteiger partial charge in [0.25, 0.3) is 0 Å². The van der Waals surface area contributed by atoms with Crippen molar-refractivity contribution in [1.29, 1.82) is 5.26 Å². The first-order chi connectivity index (χ1) is 8.60. The number of benzene rings is 1. The maximum atomic E-state index is 9.10. The summed E-state index contributed by atoms with van der Waals surface area (Å²) < 4.78 is 0. The van der Waals surface area contributed by atoms with Crippen LogP contribution in [0.2, 0.25) is 0 Å². The van der Waals surface area contributed by atoms with Gasteiger partial charge in [0.1, 0.15) is 10.9 Å². The molecule has 0 amide bonds. The van der Waals surface area contributed by atoms with Crippen LogP contribution in [0.1, 0.15) is 28.5 Å². The van der Waals surface area contributed by atoms with Crippen molar-refractivity contribution in [2.24, 2.45) is 0 Å². The summed E-state index contributed by atoms with van der Waals surface area (Å²) in [7, 11) is 0. The zero-order valence-corrected chi connectivity index (χ0v) is 11.7. The summed E-state index contributed by atoms with van der Waals surface area (Å²) in [6.07, 6.45) is 0.854. The van der Waals surface area contributed by atoms with E-state index in [1.807, 2.05) is 0 Å². The SMILES string of the molecule is CCc1c(-c2cccc(C)c2C)sc(C#N)c1N. The molecule has 1 heterocycles. The summed E-state index contributed by atoms with van der Waals surface area (Å²) in [5.74, 6) is 0. The highest BCUT2D eigenvalue weighted by atomic mass is 32.1. The van der Waals surface area contributed by atoms with Crippen LogP contribution in [0, 0.1) is 25.2 Å². The Balaban J connectivity index is 2.72. The van der Waals surface area contributed by atoms with Gasteiger partial charge in [-0.25, -0.2) is 0 Å². The van der Waals surface area contributed by atoms with Crippen LogP contribution in [0.4, 0.5) is 5.69 Å². The molecule has 18 heavy (non-hydrogen) atoms. The molecular weight excluding hydrogens is 240 g/mol. The molecule has 3 heteroatoms. The molecule has 0 saturated heterocycles. The van der Waals surface area contributed by atoms with Crippen LogP contribution in [-0.4, -0.2) is 0 Å². The summed E-state index contributed by atoms with van der Waals surface area (Å²) >= 11 is 1.50. The van der Waals surface area contributed by atoms with E-state index in [-0.39, 0.29) is 0 Å². The number of nitrogens with two attached hydrogens (primary N) is 1. The number of nitriles is 1. The molecule has 0 spiro atoms. The number of rotatable bonds is 2. The summed E-state index contributed by atoms with van der Waals surface area (Å²) in [5.41, 5.74) is 11.5. The van der Waals surface area contributed by atoms with Crippen molar-refractivity contribution < 1.29 is 0 Å². The van der Waals surface area contributed by atoms with Gasteiger partial charge in [-0.3, -0.25) is 0 Å². The third-order valence-electron chi connectivity index (χ3n) is 3.35. The molecule has 2 aromatic rings. The third-order valence-corrected chi connectivity index (χ3v) is 4.54. The van der Waals surface area contributed by atoms with Gasteiger partial charge in [0.15, 0.2) is 0 Å². The predicted molar refractivity (Wildman–Crippen MR) is 77.7 cm³/mol. The van der Waals surface area contributed by atoms with Gasteiger partial charge >= 0.3 is 0 Å². The Morgan fingerprint density at radius 2 is 2.06 bits per heavy atom. The van der Waals surface area contributed by atoms with Gasteiger partial charge in [0.05, 0.1) is 5.69 Å². The summed E-state index contributed by atoms with van der Waals surface area (Å²) in [6, 6.07) is 8.45. The average Bonchev–Trinajstić information content (AvgIpc) is 2.69. The average molecular weight is 256 g/mol. The number of aryl methyl sites for hydroxylation is 1. The van der Waals surface area contributed by atoms with E-state index in [4.69, 9.17) is 11.0 Å². The van der Waals surface area contributed by atoms with E-state index >= 15 is 0 Å². The third kappa shape index (κ3) is 1.89. The lowest BCUT2D eigenvalue weighted by atomic mass is 9.99. The number of anilines is 1. The van der Waals surface area contributed by atoms with Crippen LogP contribution >= 0.6 is 11.3 Å². The van der Waals surface area contributed by atoms with E-state index in [9.17, 15) is 0 Å². The van der Waals surface area contributed by atoms with Crippen LogP contribution in [0.5, 0.6) is 0 Å². The Kier molecular flexibility index (Phi) is 3.40. The quantitative estimate of drug-likeness (QED) is 0.881. The van der Waals surface area contributed by atoms with Gasteiger partial charge in [-0.05, 0) is 42.5 Å². The van der Waals surface area contributed by atoms with Crippen molar-refractivity contribution in [3.05, 3.63) is 39.8 Å². The molecule has 2 rings (SSSR count). The Morgan fingerprint density at radius 1 is 1.33 bits per heavy atom. The molecule has 0 radical (unpaired) electrons. The lowest BCUT2D eigenvalue weighted by Gasteiger charge is -2.08. The number of nitrogen functional groups attached to an aromatic ring is 1. The van der Waals surface area contributed by atoms with Gasteiger partial charge in [0.2, 0.25) is 0 Å². The molecule has 1 aromatic heterocycles. The van der Waals surface area contributed by atoms with E-state index in [1.165, 1.54) is 28.0 Å². The fourth-order valence-electron chi connectivity index (χ4n) is 2.13. The highest BCUT2D eigenvalue weighted by molar-refractivity contribution is 7.16. The van der Waals surface area contributed by atoms with Crippen molar-refractivity contribution in [1.82, 2.24) is 0 Å². The highest BCUT2D eigenvalue weighted by Crippen LogP contribution is 2.40. The van der Waals surface area contributed by atoms with Gasteiger partial charge in [-0.2, -0.15) is 5.26 Å². The molecule has 2 nitrogen and oxygen atoms in total. The van der Waals surface area contributed by atoms with Crippen LogP contribution in [-0.2, 0) is 6.42 Å². The molecule has 2 N–H and O–H groups in total. The van der Waals surface area contributed by atoms with E-state index in [0.29, 0.717) is 10.6 Å². The molecule has 0 aliphatic carbocycles. The molecule has 92 valence electrons. The van der Waals surface area contributed by atoms with Crippen LogP contribution in [0.3, 0.4) is 0 Å². The van der Waals surface area contributed by atoms with Gasteiger partial charge in [-0.15, -0.1) is 11.3 Å². The second-order valence-corrected chi connectivity index (χ2v) is 5.39. The molecule has 0 aliphatic heterocycles. The molecule has 0 fully saturated rings. The number of hydrogen-bond donors (Lipinski definition) is 1. The van der Waals surface area contributed by atoms with E-state index < -0.39 is 0 Å². The number of nitrogens with zero attached hydrogens (tertiary/aromatic N) is 1. The first-order valence-electron chi connectivity index (χ1n) is 5.98. The zero-order chi connectivity index (χ0) is 13.3. The van der Waals surface area contributed by atoms with Crippen molar-refractivity contribution in [2.75, 3.05) is 5.73 Å². The smallest absolute Gasteiger partial charge is 0.128 e. The van der Waals surface area contributed by atoms with Crippen molar-refractivity contribution in [2.45, 2.75) is 27.2 Å². The first-order valence-corrected chi connectivity index (χ1v) is 6.79. The molecule has 0 aliphatic rings. The molecular formula is C15H16N2S. The first kappa shape index (κ1) is 12.7. The van der Waals surface area contributed by atoms with Crippen molar-refractivity contribution in [3.8, 4) is 16.5 Å². The van der Waals surface area contributed by atoms with Gasteiger partial charge in [-0.1, -0.05) is 25.1 Å². The normalized spacial score (nSPS) is 10.3. The van der Waals surface area contributed by atoms with Crippen LogP contribution < -0.4 is 5.73 Å². The van der Waals surface area contributed by atoms with Gasteiger partial charge in [0, 0.05) is 4.88 Å². The monoisotopic (exact) mass is 256 g/mol. The largest absolute Gasteiger partial charge is 0.397 e. The second-order valence-electron chi connectivity index (χ2n) is 4.37. The minimum Gasteiger partial charge on any atom is -0.397 e. The number of thiophene rings is 1. The van der Waals surface area contributed by atoms with E-state index in [0.717, 1.165) is 16.9 Å².